The number of rotatable bonds is 3. The van der Waals surface area contributed by atoms with Crippen molar-refractivity contribution >= 4 is 17.8 Å². The lowest BCUT2D eigenvalue weighted by Crippen LogP contribution is -2.53. The molecule has 1 unspecified atom stereocenters. The van der Waals surface area contributed by atoms with Crippen molar-refractivity contribution in [3.05, 3.63) is 35.4 Å². The van der Waals surface area contributed by atoms with Gasteiger partial charge in [0, 0.05) is 31.2 Å². The van der Waals surface area contributed by atoms with Crippen molar-refractivity contribution in [2.45, 2.75) is 45.6 Å². The van der Waals surface area contributed by atoms with E-state index in [1.165, 1.54) is 0 Å². The number of hydrogen-bond acceptors (Lipinski definition) is 3. The van der Waals surface area contributed by atoms with Gasteiger partial charge in [-0.2, -0.15) is 0 Å². The van der Waals surface area contributed by atoms with E-state index in [4.69, 9.17) is 0 Å². The van der Waals surface area contributed by atoms with Gasteiger partial charge in [0.1, 0.15) is 0 Å². The maximum absolute atomic E-state index is 13.1. The smallest absolute Gasteiger partial charge is 0.308 e. The van der Waals surface area contributed by atoms with Crippen LogP contribution in [0.5, 0.6) is 0 Å². The third-order valence-corrected chi connectivity index (χ3v) is 5.94. The highest BCUT2D eigenvalue weighted by molar-refractivity contribution is 5.94. The molecule has 2 fully saturated rings. The standard InChI is InChI=1S/C21H28N2O4/c1-14-7-9-16(10-8-14)19(24)22-11-3-5-17(13-22)20(25)23-12-4-6-18(15(23)2)21(26)27/h7-10,15,17-18H,3-6,11-13H2,1-2H3,(H,26,27)/t15-,17?,18-/m1/s1. The first kappa shape index (κ1) is 19.4. The molecule has 0 aromatic heterocycles. The summed E-state index contributed by atoms with van der Waals surface area (Å²) in [6.45, 7) is 5.48. The van der Waals surface area contributed by atoms with Crippen molar-refractivity contribution in [1.82, 2.24) is 9.80 Å². The molecule has 0 aliphatic carbocycles. The highest BCUT2D eigenvalue weighted by Gasteiger charge is 2.39. The zero-order valence-electron chi connectivity index (χ0n) is 16.1. The minimum absolute atomic E-state index is 0.00476. The first-order chi connectivity index (χ1) is 12.9. The van der Waals surface area contributed by atoms with Crippen LogP contribution in [0.25, 0.3) is 0 Å². The SMILES string of the molecule is Cc1ccc(C(=O)N2CCCC(C(=O)N3CCC[C@@H](C(=O)O)[C@H]3C)C2)cc1. The van der Waals surface area contributed by atoms with Gasteiger partial charge in [0.05, 0.1) is 11.8 Å². The minimum Gasteiger partial charge on any atom is -0.481 e. The van der Waals surface area contributed by atoms with E-state index < -0.39 is 11.9 Å². The van der Waals surface area contributed by atoms with Gasteiger partial charge in [0.2, 0.25) is 5.91 Å². The Balaban J connectivity index is 1.68. The van der Waals surface area contributed by atoms with Crippen LogP contribution in [0.15, 0.2) is 24.3 Å². The van der Waals surface area contributed by atoms with Crippen molar-refractivity contribution in [1.29, 1.82) is 0 Å². The number of carboxylic acids is 1. The molecule has 0 radical (unpaired) electrons. The van der Waals surface area contributed by atoms with Crippen LogP contribution >= 0.6 is 0 Å². The molecule has 0 spiro atoms. The summed E-state index contributed by atoms with van der Waals surface area (Å²) in [5.41, 5.74) is 1.75. The Morgan fingerprint density at radius 1 is 1.04 bits per heavy atom. The second-order valence-electron chi connectivity index (χ2n) is 7.82. The van der Waals surface area contributed by atoms with Crippen LogP contribution in [0, 0.1) is 18.8 Å². The molecule has 2 aliphatic rings. The fourth-order valence-electron chi connectivity index (χ4n) is 4.26. The number of carboxylic acid groups (broad SMARTS) is 1. The van der Waals surface area contributed by atoms with Gasteiger partial charge >= 0.3 is 5.97 Å². The zero-order valence-corrected chi connectivity index (χ0v) is 16.1. The first-order valence-corrected chi connectivity index (χ1v) is 9.77. The summed E-state index contributed by atoms with van der Waals surface area (Å²) >= 11 is 0. The summed E-state index contributed by atoms with van der Waals surface area (Å²) in [6.07, 6.45) is 2.87. The summed E-state index contributed by atoms with van der Waals surface area (Å²) in [5.74, 6) is -1.63. The molecule has 2 saturated heterocycles. The predicted octanol–water partition coefficient (Wildman–Crippen LogP) is 2.56. The number of likely N-dealkylation sites (tertiary alicyclic amines) is 2. The monoisotopic (exact) mass is 372 g/mol. The van der Waals surface area contributed by atoms with E-state index in [-0.39, 0.29) is 23.8 Å². The molecule has 1 aromatic rings. The lowest BCUT2D eigenvalue weighted by atomic mass is 9.88. The molecule has 6 nitrogen and oxygen atoms in total. The van der Waals surface area contributed by atoms with E-state index in [0.717, 1.165) is 18.4 Å². The molecule has 3 rings (SSSR count). The normalized spacial score (nSPS) is 25.9. The Morgan fingerprint density at radius 3 is 2.37 bits per heavy atom. The number of amides is 2. The molecule has 0 saturated carbocycles. The number of piperidine rings is 2. The summed E-state index contributed by atoms with van der Waals surface area (Å²) in [7, 11) is 0. The molecular formula is C21H28N2O4. The Morgan fingerprint density at radius 2 is 1.70 bits per heavy atom. The van der Waals surface area contributed by atoms with E-state index in [2.05, 4.69) is 0 Å². The number of benzene rings is 1. The van der Waals surface area contributed by atoms with Gasteiger partial charge in [0.25, 0.3) is 5.91 Å². The molecule has 2 aliphatic heterocycles. The van der Waals surface area contributed by atoms with Crippen molar-refractivity contribution in [3.8, 4) is 0 Å². The maximum atomic E-state index is 13.1. The average molecular weight is 372 g/mol. The predicted molar refractivity (Wildman–Crippen MR) is 101 cm³/mol. The zero-order chi connectivity index (χ0) is 19.6. The topological polar surface area (TPSA) is 77.9 Å². The first-order valence-electron chi connectivity index (χ1n) is 9.77. The molecule has 2 heterocycles. The van der Waals surface area contributed by atoms with Crippen molar-refractivity contribution in [2.24, 2.45) is 11.8 Å². The molecule has 1 N–H and O–H groups in total. The van der Waals surface area contributed by atoms with Gasteiger partial charge in [-0.1, -0.05) is 17.7 Å². The molecular weight excluding hydrogens is 344 g/mol. The Bertz CT molecular complexity index is 715. The van der Waals surface area contributed by atoms with E-state index in [1.54, 1.807) is 9.80 Å². The van der Waals surface area contributed by atoms with Crippen LogP contribution in [0.3, 0.4) is 0 Å². The Kier molecular flexibility index (Phi) is 5.82. The second-order valence-corrected chi connectivity index (χ2v) is 7.82. The van der Waals surface area contributed by atoms with Crippen LogP contribution in [-0.2, 0) is 9.59 Å². The maximum Gasteiger partial charge on any atom is 0.308 e. The minimum atomic E-state index is -0.834. The van der Waals surface area contributed by atoms with Crippen LogP contribution < -0.4 is 0 Å². The summed E-state index contributed by atoms with van der Waals surface area (Å²) < 4.78 is 0. The molecule has 6 heteroatoms. The lowest BCUT2D eigenvalue weighted by Gasteiger charge is -2.41. The number of carbonyl (C=O) groups excluding carboxylic acids is 2. The summed E-state index contributed by atoms with van der Waals surface area (Å²) in [6, 6.07) is 7.19. The van der Waals surface area contributed by atoms with Gasteiger partial charge in [-0.05, 0) is 51.7 Å². The summed E-state index contributed by atoms with van der Waals surface area (Å²) in [5, 5.41) is 9.39. The van der Waals surface area contributed by atoms with Crippen LogP contribution in [-0.4, -0.2) is 58.4 Å². The van der Waals surface area contributed by atoms with Crippen LogP contribution in [0.1, 0.15) is 48.5 Å². The van der Waals surface area contributed by atoms with Gasteiger partial charge in [0.15, 0.2) is 0 Å². The number of aliphatic carboxylic acids is 1. The molecule has 1 aromatic carbocycles. The number of nitrogens with zero attached hydrogens (tertiary/aromatic N) is 2. The van der Waals surface area contributed by atoms with E-state index in [9.17, 15) is 19.5 Å². The van der Waals surface area contributed by atoms with E-state index in [0.29, 0.717) is 38.0 Å². The van der Waals surface area contributed by atoms with Gasteiger partial charge in [-0.15, -0.1) is 0 Å². The quantitative estimate of drug-likeness (QED) is 0.885. The van der Waals surface area contributed by atoms with Crippen molar-refractivity contribution in [3.63, 3.8) is 0 Å². The van der Waals surface area contributed by atoms with Gasteiger partial charge < -0.3 is 14.9 Å². The third kappa shape index (κ3) is 4.15. The number of carbonyl (C=O) groups is 3. The highest BCUT2D eigenvalue weighted by Crippen LogP contribution is 2.28. The van der Waals surface area contributed by atoms with Crippen molar-refractivity contribution in [2.75, 3.05) is 19.6 Å². The Hall–Kier alpha value is -2.37. The average Bonchev–Trinajstić information content (AvgIpc) is 2.67. The van der Waals surface area contributed by atoms with Crippen LogP contribution in [0.4, 0.5) is 0 Å². The Labute approximate surface area is 160 Å². The summed E-state index contributed by atoms with van der Waals surface area (Å²) in [4.78, 5) is 40.8. The van der Waals surface area contributed by atoms with Crippen molar-refractivity contribution < 1.29 is 19.5 Å². The fourth-order valence-corrected chi connectivity index (χ4v) is 4.26. The largest absolute Gasteiger partial charge is 0.481 e. The van der Waals surface area contributed by atoms with Crippen LogP contribution in [0.2, 0.25) is 0 Å². The number of aryl methyl sites for hydroxylation is 1. The lowest BCUT2D eigenvalue weighted by molar-refractivity contribution is -0.151. The second kappa shape index (κ2) is 8.11. The molecule has 3 atom stereocenters. The van der Waals surface area contributed by atoms with Gasteiger partial charge in [-0.25, -0.2) is 0 Å². The molecule has 146 valence electrons. The third-order valence-electron chi connectivity index (χ3n) is 5.94. The highest BCUT2D eigenvalue weighted by atomic mass is 16.4. The molecule has 2 amide bonds. The van der Waals surface area contributed by atoms with Gasteiger partial charge in [-0.3, -0.25) is 14.4 Å². The van der Waals surface area contributed by atoms with E-state index >= 15 is 0 Å². The number of hydrogen-bond donors (Lipinski definition) is 1. The fraction of sp³-hybridized carbons (Fsp3) is 0.571. The van der Waals surface area contributed by atoms with E-state index in [1.807, 2.05) is 38.1 Å². The molecule has 27 heavy (non-hydrogen) atoms. The molecule has 0 bridgehead atoms.